The summed E-state index contributed by atoms with van der Waals surface area (Å²) < 4.78 is 5.11. The Hall–Kier alpha value is -1.92. The molecule has 2 heterocycles. The molecule has 0 aliphatic carbocycles. The minimum atomic E-state index is -0.674. The Morgan fingerprint density at radius 2 is 2.25 bits per heavy atom. The van der Waals surface area contributed by atoms with Crippen molar-refractivity contribution in [3.63, 3.8) is 0 Å². The maximum atomic E-state index is 12.5. The van der Waals surface area contributed by atoms with E-state index in [9.17, 15) is 4.79 Å². The predicted molar refractivity (Wildman–Crippen MR) is 91.7 cm³/mol. The first-order valence-electron chi connectivity index (χ1n) is 8.49. The van der Waals surface area contributed by atoms with E-state index >= 15 is 0 Å². The van der Waals surface area contributed by atoms with Crippen LogP contribution in [0.15, 0.2) is 35.5 Å². The standard InChI is InChI=1S/C18H25N3O3/c1-23-17(22)18(19-12-16-8-11-24-20-16)9-5-10-21(14-18)13-15-6-3-2-4-7-15/h2-4,6-7,19H,5,8-14H2,1H3. The van der Waals surface area contributed by atoms with Crippen molar-refractivity contribution in [1.82, 2.24) is 10.2 Å². The van der Waals surface area contributed by atoms with Gasteiger partial charge in [0.25, 0.3) is 0 Å². The third-order valence-electron chi connectivity index (χ3n) is 4.70. The van der Waals surface area contributed by atoms with Gasteiger partial charge in [0.2, 0.25) is 0 Å². The van der Waals surface area contributed by atoms with Crippen LogP contribution in [0, 0.1) is 0 Å². The number of nitrogens with zero attached hydrogens (tertiary/aromatic N) is 2. The second kappa shape index (κ2) is 7.77. The van der Waals surface area contributed by atoms with E-state index in [2.05, 4.69) is 27.5 Å². The first-order chi connectivity index (χ1) is 11.7. The molecule has 2 aliphatic heterocycles. The van der Waals surface area contributed by atoms with Gasteiger partial charge in [-0.1, -0.05) is 35.5 Å². The molecular weight excluding hydrogens is 306 g/mol. The van der Waals surface area contributed by atoms with Crippen LogP contribution in [0.4, 0.5) is 0 Å². The molecule has 1 aromatic carbocycles. The van der Waals surface area contributed by atoms with Gasteiger partial charge in [-0.2, -0.15) is 0 Å². The molecule has 2 aliphatic rings. The van der Waals surface area contributed by atoms with Crippen LogP contribution in [0.25, 0.3) is 0 Å². The average molecular weight is 331 g/mol. The van der Waals surface area contributed by atoms with Crippen LogP contribution in [0.5, 0.6) is 0 Å². The van der Waals surface area contributed by atoms with Crippen molar-refractivity contribution in [1.29, 1.82) is 0 Å². The van der Waals surface area contributed by atoms with Gasteiger partial charge in [0.1, 0.15) is 12.1 Å². The highest BCUT2D eigenvalue weighted by Crippen LogP contribution is 2.24. The minimum Gasteiger partial charge on any atom is -0.468 e. The lowest BCUT2D eigenvalue weighted by atomic mass is 9.88. The van der Waals surface area contributed by atoms with E-state index < -0.39 is 5.54 Å². The lowest BCUT2D eigenvalue weighted by molar-refractivity contribution is -0.151. The van der Waals surface area contributed by atoms with Crippen LogP contribution in [-0.4, -0.2) is 55.5 Å². The molecule has 130 valence electrons. The molecule has 1 atom stereocenters. The van der Waals surface area contributed by atoms with Gasteiger partial charge in [-0.15, -0.1) is 0 Å². The van der Waals surface area contributed by atoms with E-state index in [4.69, 9.17) is 9.57 Å². The highest BCUT2D eigenvalue weighted by atomic mass is 16.6. The van der Waals surface area contributed by atoms with Crippen LogP contribution < -0.4 is 5.32 Å². The van der Waals surface area contributed by atoms with Gasteiger partial charge in [-0.25, -0.2) is 0 Å². The fourth-order valence-corrected chi connectivity index (χ4v) is 3.44. The summed E-state index contributed by atoms with van der Waals surface area (Å²) in [7, 11) is 1.46. The van der Waals surface area contributed by atoms with Crippen LogP contribution in [0.1, 0.15) is 24.8 Å². The topological polar surface area (TPSA) is 63.2 Å². The molecule has 24 heavy (non-hydrogen) atoms. The summed E-state index contributed by atoms with van der Waals surface area (Å²) in [5.41, 5.74) is 1.54. The van der Waals surface area contributed by atoms with E-state index in [1.165, 1.54) is 12.7 Å². The number of likely N-dealkylation sites (tertiary alicyclic amines) is 1. The highest BCUT2D eigenvalue weighted by Gasteiger charge is 2.43. The largest absolute Gasteiger partial charge is 0.468 e. The average Bonchev–Trinajstić information content (AvgIpc) is 3.14. The number of carbonyl (C=O) groups excluding carboxylic acids is 1. The van der Waals surface area contributed by atoms with E-state index in [1.54, 1.807) is 0 Å². The number of benzene rings is 1. The SMILES string of the molecule is COC(=O)C1(NCC2=NOCC2)CCCN(Cc2ccccc2)C1. The molecule has 1 N–H and O–H groups in total. The van der Waals surface area contributed by atoms with Gasteiger partial charge >= 0.3 is 5.97 Å². The first kappa shape index (κ1) is 16.9. The van der Waals surface area contributed by atoms with Gasteiger partial charge in [0.05, 0.1) is 12.8 Å². The molecule has 3 rings (SSSR count). The third kappa shape index (κ3) is 3.94. The molecule has 1 fully saturated rings. The van der Waals surface area contributed by atoms with E-state index in [1.807, 2.05) is 18.2 Å². The van der Waals surface area contributed by atoms with Crippen LogP contribution >= 0.6 is 0 Å². The fraction of sp³-hybridized carbons (Fsp3) is 0.556. The molecular formula is C18H25N3O3. The quantitative estimate of drug-likeness (QED) is 0.802. The fourth-order valence-electron chi connectivity index (χ4n) is 3.44. The Bertz CT molecular complexity index is 590. The Morgan fingerprint density at radius 3 is 2.96 bits per heavy atom. The molecule has 1 saturated heterocycles. The number of oxime groups is 1. The molecule has 1 unspecified atom stereocenters. The normalized spacial score (nSPS) is 24.3. The lowest BCUT2D eigenvalue weighted by Gasteiger charge is -2.41. The van der Waals surface area contributed by atoms with E-state index in [0.717, 1.165) is 38.1 Å². The Kier molecular flexibility index (Phi) is 5.48. The Morgan fingerprint density at radius 1 is 1.42 bits per heavy atom. The molecule has 0 saturated carbocycles. The summed E-state index contributed by atoms with van der Waals surface area (Å²) in [6, 6.07) is 10.3. The molecule has 0 spiro atoms. The maximum Gasteiger partial charge on any atom is 0.327 e. The van der Waals surface area contributed by atoms with Crippen LogP contribution in [-0.2, 0) is 20.9 Å². The zero-order valence-electron chi connectivity index (χ0n) is 14.2. The van der Waals surface area contributed by atoms with Gasteiger partial charge in [0.15, 0.2) is 0 Å². The number of hydrogen-bond donors (Lipinski definition) is 1. The van der Waals surface area contributed by atoms with E-state index in [0.29, 0.717) is 19.7 Å². The Balaban J connectivity index is 1.68. The summed E-state index contributed by atoms with van der Waals surface area (Å²) in [6.07, 6.45) is 2.55. The zero-order valence-corrected chi connectivity index (χ0v) is 14.2. The van der Waals surface area contributed by atoms with Crippen molar-refractivity contribution < 1.29 is 14.4 Å². The molecule has 1 aromatic rings. The van der Waals surface area contributed by atoms with Crippen molar-refractivity contribution in [3.05, 3.63) is 35.9 Å². The number of ether oxygens (including phenoxy) is 1. The Labute approximate surface area is 142 Å². The van der Waals surface area contributed by atoms with E-state index in [-0.39, 0.29) is 5.97 Å². The first-order valence-corrected chi connectivity index (χ1v) is 8.49. The number of esters is 1. The van der Waals surface area contributed by atoms with Crippen molar-refractivity contribution in [2.24, 2.45) is 5.16 Å². The van der Waals surface area contributed by atoms with Gasteiger partial charge in [0, 0.05) is 26.1 Å². The minimum absolute atomic E-state index is 0.195. The number of hydrogen-bond acceptors (Lipinski definition) is 6. The number of piperidine rings is 1. The van der Waals surface area contributed by atoms with Crippen molar-refractivity contribution >= 4 is 11.7 Å². The van der Waals surface area contributed by atoms with Crippen LogP contribution in [0.2, 0.25) is 0 Å². The lowest BCUT2D eigenvalue weighted by Crippen LogP contribution is -2.62. The number of rotatable bonds is 6. The predicted octanol–water partition coefficient (Wildman–Crippen LogP) is 1.56. The summed E-state index contributed by atoms with van der Waals surface area (Å²) in [5.74, 6) is -0.195. The van der Waals surface area contributed by atoms with Gasteiger partial charge in [-0.05, 0) is 24.9 Å². The smallest absolute Gasteiger partial charge is 0.327 e. The number of methoxy groups -OCH3 is 1. The molecule has 0 radical (unpaired) electrons. The van der Waals surface area contributed by atoms with Crippen molar-refractivity contribution in [2.75, 3.05) is 33.4 Å². The van der Waals surface area contributed by atoms with Crippen molar-refractivity contribution in [3.8, 4) is 0 Å². The van der Waals surface area contributed by atoms with Crippen LogP contribution in [0.3, 0.4) is 0 Å². The number of carbonyl (C=O) groups is 1. The zero-order chi connectivity index (χ0) is 16.8. The monoisotopic (exact) mass is 331 g/mol. The maximum absolute atomic E-state index is 12.5. The summed E-state index contributed by atoms with van der Waals surface area (Å²) in [5, 5.41) is 7.43. The second-order valence-electron chi connectivity index (χ2n) is 6.47. The summed E-state index contributed by atoms with van der Waals surface area (Å²) in [6.45, 7) is 3.66. The molecule has 6 heteroatoms. The summed E-state index contributed by atoms with van der Waals surface area (Å²) >= 11 is 0. The molecule has 6 nitrogen and oxygen atoms in total. The third-order valence-corrected chi connectivity index (χ3v) is 4.70. The van der Waals surface area contributed by atoms with Crippen molar-refractivity contribution in [2.45, 2.75) is 31.3 Å². The van der Waals surface area contributed by atoms with Gasteiger partial charge in [-0.3, -0.25) is 15.0 Å². The molecule has 0 bridgehead atoms. The second-order valence-corrected chi connectivity index (χ2v) is 6.47. The molecule has 0 aromatic heterocycles. The highest BCUT2D eigenvalue weighted by molar-refractivity contribution is 5.88. The number of nitrogens with one attached hydrogen (secondary N) is 1. The van der Waals surface area contributed by atoms with Gasteiger partial charge < -0.3 is 9.57 Å². The summed E-state index contributed by atoms with van der Waals surface area (Å²) in [4.78, 5) is 19.9. The molecule has 0 amide bonds.